The molecule has 0 fully saturated rings. The van der Waals surface area contributed by atoms with Crippen LogP contribution in [0.5, 0.6) is 0 Å². The van der Waals surface area contributed by atoms with Gasteiger partial charge < -0.3 is 0 Å². The molecule has 6 heteroatoms. The van der Waals surface area contributed by atoms with Crippen LogP contribution in [0.15, 0.2) is 32.3 Å². The van der Waals surface area contributed by atoms with Crippen LogP contribution in [0.1, 0.15) is 16.7 Å². The van der Waals surface area contributed by atoms with E-state index in [-0.39, 0.29) is 17.7 Å². The lowest BCUT2D eigenvalue weighted by Crippen LogP contribution is -2.33. The summed E-state index contributed by atoms with van der Waals surface area (Å²) in [6.07, 6.45) is 0. The summed E-state index contributed by atoms with van der Waals surface area (Å²) in [6.45, 7) is 3.31. The number of aromatic amines is 1. The molecule has 1 aromatic carbocycles. The predicted octanol–water partition coefficient (Wildman–Crippen LogP) is 2.10. The molecule has 0 aliphatic carbocycles. The van der Waals surface area contributed by atoms with E-state index in [0.29, 0.717) is 21.2 Å². The Morgan fingerprint density at radius 3 is 2.53 bits per heavy atom. The van der Waals surface area contributed by atoms with Gasteiger partial charge in [-0.15, -0.1) is 0 Å². The minimum Gasteiger partial charge on any atom is -0.268 e. The first kappa shape index (κ1) is 13.7. The van der Waals surface area contributed by atoms with Gasteiger partial charge in [-0.05, 0) is 37.6 Å². The number of benzene rings is 1. The van der Waals surface area contributed by atoms with Crippen molar-refractivity contribution in [3.63, 3.8) is 0 Å². The lowest BCUT2D eigenvalue weighted by molar-refractivity contribution is 0.601. The molecule has 0 saturated carbocycles. The standard InChI is InChI=1S/C13H12BrFN2O2/c1-7-8(2)13(19)17(16-12(7)18)6-9-3-10(14)5-11(15)4-9/h3-5H,6H2,1-2H3,(H,16,18). The molecule has 0 unspecified atom stereocenters. The first-order valence-corrected chi connectivity index (χ1v) is 6.43. The Hall–Kier alpha value is -1.69. The molecule has 0 atom stereocenters. The smallest absolute Gasteiger partial charge is 0.268 e. The fraction of sp³-hybridized carbons (Fsp3) is 0.231. The summed E-state index contributed by atoms with van der Waals surface area (Å²) in [5.74, 6) is -0.399. The third kappa shape index (κ3) is 2.84. The minimum absolute atomic E-state index is 0.117. The summed E-state index contributed by atoms with van der Waals surface area (Å²) in [5, 5.41) is 2.48. The van der Waals surface area contributed by atoms with Crippen molar-refractivity contribution in [1.82, 2.24) is 9.78 Å². The van der Waals surface area contributed by atoms with Crippen LogP contribution in [0.25, 0.3) is 0 Å². The van der Waals surface area contributed by atoms with Crippen LogP contribution in [0.4, 0.5) is 4.39 Å². The van der Waals surface area contributed by atoms with Crippen molar-refractivity contribution < 1.29 is 4.39 Å². The molecule has 0 saturated heterocycles. The van der Waals surface area contributed by atoms with E-state index in [1.54, 1.807) is 19.9 Å². The first-order chi connectivity index (χ1) is 8.88. The zero-order chi connectivity index (χ0) is 14.2. The average Bonchev–Trinajstić information content (AvgIpc) is 2.32. The minimum atomic E-state index is -0.399. The normalized spacial score (nSPS) is 10.7. The Morgan fingerprint density at radius 1 is 1.21 bits per heavy atom. The highest BCUT2D eigenvalue weighted by Gasteiger charge is 2.08. The summed E-state index contributed by atoms with van der Waals surface area (Å²) in [7, 11) is 0. The Balaban J connectivity index is 2.50. The fourth-order valence-corrected chi connectivity index (χ4v) is 2.30. The molecule has 2 rings (SSSR count). The number of aromatic nitrogens is 2. The van der Waals surface area contributed by atoms with Gasteiger partial charge in [0.05, 0.1) is 6.54 Å². The summed E-state index contributed by atoms with van der Waals surface area (Å²) in [6, 6.07) is 4.35. The van der Waals surface area contributed by atoms with Gasteiger partial charge >= 0.3 is 0 Å². The Bertz CT molecular complexity index is 729. The van der Waals surface area contributed by atoms with E-state index in [9.17, 15) is 14.0 Å². The zero-order valence-corrected chi connectivity index (χ0v) is 12.0. The first-order valence-electron chi connectivity index (χ1n) is 5.64. The molecule has 0 spiro atoms. The molecule has 100 valence electrons. The predicted molar refractivity (Wildman–Crippen MR) is 74.0 cm³/mol. The van der Waals surface area contributed by atoms with Crippen molar-refractivity contribution in [2.75, 3.05) is 0 Å². The van der Waals surface area contributed by atoms with E-state index >= 15 is 0 Å². The van der Waals surface area contributed by atoms with Crippen molar-refractivity contribution in [2.45, 2.75) is 20.4 Å². The largest absolute Gasteiger partial charge is 0.268 e. The number of halogens is 2. The zero-order valence-electron chi connectivity index (χ0n) is 10.5. The van der Waals surface area contributed by atoms with Gasteiger partial charge in [0.15, 0.2) is 0 Å². The molecule has 0 aliphatic heterocycles. The average molecular weight is 327 g/mol. The highest BCUT2D eigenvalue weighted by molar-refractivity contribution is 9.10. The Morgan fingerprint density at radius 2 is 1.89 bits per heavy atom. The molecule has 1 aromatic heterocycles. The molecular formula is C13H12BrFN2O2. The van der Waals surface area contributed by atoms with E-state index in [4.69, 9.17) is 0 Å². The summed E-state index contributed by atoms with van der Waals surface area (Å²) in [4.78, 5) is 23.6. The number of hydrogen-bond acceptors (Lipinski definition) is 2. The quantitative estimate of drug-likeness (QED) is 0.918. The van der Waals surface area contributed by atoms with E-state index in [1.165, 1.54) is 16.8 Å². The molecule has 0 radical (unpaired) electrons. The molecule has 19 heavy (non-hydrogen) atoms. The summed E-state index contributed by atoms with van der Waals surface area (Å²) in [5.41, 5.74) is 0.804. The second-order valence-electron chi connectivity index (χ2n) is 4.36. The maximum Gasteiger partial charge on any atom is 0.268 e. The second-order valence-corrected chi connectivity index (χ2v) is 5.28. The molecule has 1 N–H and O–H groups in total. The molecule has 0 amide bonds. The van der Waals surface area contributed by atoms with Crippen LogP contribution in [0.3, 0.4) is 0 Å². The molecule has 4 nitrogen and oxygen atoms in total. The van der Waals surface area contributed by atoms with Crippen molar-refractivity contribution in [3.8, 4) is 0 Å². The SMILES string of the molecule is Cc1c(C)c(=O)n(Cc2cc(F)cc(Br)c2)[nH]c1=O. The van der Waals surface area contributed by atoms with Crippen LogP contribution in [0.2, 0.25) is 0 Å². The van der Waals surface area contributed by atoms with E-state index < -0.39 is 5.82 Å². The molecule has 1 heterocycles. The van der Waals surface area contributed by atoms with Gasteiger partial charge in [0.25, 0.3) is 11.1 Å². The topological polar surface area (TPSA) is 54.9 Å². The highest BCUT2D eigenvalue weighted by atomic mass is 79.9. The highest BCUT2D eigenvalue weighted by Crippen LogP contribution is 2.15. The molecule has 0 bridgehead atoms. The van der Waals surface area contributed by atoms with Crippen molar-refractivity contribution in [1.29, 1.82) is 0 Å². The van der Waals surface area contributed by atoms with Crippen LogP contribution in [0, 0.1) is 19.7 Å². The van der Waals surface area contributed by atoms with Gasteiger partial charge in [-0.1, -0.05) is 15.9 Å². The van der Waals surface area contributed by atoms with E-state index in [0.717, 1.165) is 0 Å². The van der Waals surface area contributed by atoms with Gasteiger partial charge in [-0.25, -0.2) is 9.07 Å². The van der Waals surface area contributed by atoms with Gasteiger partial charge in [-0.2, -0.15) is 0 Å². The van der Waals surface area contributed by atoms with E-state index in [2.05, 4.69) is 21.0 Å². The van der Waals surface area contributed by atoms with Crippen LogP contribution >= 0.6 is 15.9 Å². The molecule has 0 aliphatic rings. The van der Waals surface area contributed by atoms with Crippen LogP contribution in [-0.2, 0) is 6.54 Å². The number of H-pyrrole nitrogens is 1. The lowest BCUT2D eigenvalue weighted by atomic mass is 10.2. The molecular weight excluding hydrogens is 315 g/mol. The Kier molecular flexibility index (Phi) is 3.71. The van der Waals surface area contributed by atoms with Gasteiger partial charge in [0.2, 0.25) is 0 Å². The van der Waals surface area contributed by atoms with Crippen molar-refractivity contribution >= 4 is 15.9 Å². The van der Waals surface area contributed by atoms with Crippen LogP contribution in [-0.4, -0.2) is 9.78 Å². The number of nitrogens with zero attached hydrogens (tertiary/aromatic N) is 1. The van der Waals surface area contributed by atoms with E-state index in [1.807, 2.05) is 0 Å². The monoisotopic (exact) mass is 326 g/mol. The van der Waals surface area contributed by atoms with Gasteiger partial charge in [0, 0.05) is 15.6 Å². The van der Waals surface area contributed by atoms with Gasteiger partial charge in [0.1, 0.15) is 5.82 Å². The fourth-order valence-electron chi connectivity index (χ4n) is 1.79. The van der Waals surface area contributed by atoms with Gasteiger partial charge in [-0.3, -0.25) is 14.7 Å². The van der Waals surface area contributed by atoms with Crippen molar-refractivity contribution in [3.05, 3.63) is 65.9 Å². The maximum atomic E-state index is 13.3. The summed E-state index contributed by atoms with van der Waals surface area (Å²) < 4.78 is 15.0. The number of hydrogen-bond donors (Lipinski definition) is 1. The number of rotatable bonds is 2. The lowest BCUT2D eigenvalue weighted by Gasteiger charge is -2.08. The second kappa shape index (κ2) is 5.13. The maximum absolute atomic E-state index is 13.3. The van der Waals surface area contributed by atoms with Crippen molar-refractivity contribution in [2.24, 2.45) is 0 Å². The summed E-state index contributed by atoms with van der Waals surface area (Å²) >= 11 is 3.19. The number of nitrogens with one attached hydrogen (secondary N) is 1. The van der Waals surface area contributed by atoms with Crippen LogP contribution < -0.4 is 11.1 Å². The molecule has 2 aromatic rings. The third-order valence-electron chi connectivity index (χ3n) is 2.97. The Labute approximate surface area is 117 Å². The third-order valence-corrected chi connectivity index (χ3v) is 3.43.